The minimum absolute atomic E-state index is 0.108. The first-order chi connectivity index (χ1) is 14.0. The zero-order chi connectivity index (χ0) is 20.6. The van der Waals surface area contributed by atoms with E-state index in [-0.39, 0.29) is 18.4 Å². The molecule has 2 N–H and O–H groups in total. The summed E-state index contributed by atoms with van der Waals surface area (Å²) in [7, 11) is 0. The van der Waals surface area contributed by atoms with E-state index in [9.17, 15) is 9.59 Å². The third kappa shape index (κ3) is 5.69. The normalized spacial score (nSPS) is 10.3. The van der Waals surface area contributed by atoms with Crippen LogP contribution in [0.25, 0.3) is 0 Å². The van der Waals surface area contributed by atoms with Gasteiger partial charge in [-0.25, -0.2) is 0 Å². The molecule has 2 amide bonds. The van der Waals surface area contributed by atoms with Crippen LogP contribution in [0.1, 0.15) is 28.4 Å². The van der Waals surface area contributed by atoms with Crippen molar-refractivity contribution in [2.75, 3.05) is 17.2 Å². The van der Waals surface area contributed by atoms with Crippen molar-refractivity contribution in [3.8, 4) is 5.75 Å². The molecule has 0 aromatic heterocycles. The Balaban J connectivity index is 1.53. The van der Waals surface area contributed by atoms with Crippen LogP contribution in [0.2, 0.25) is 0 Å². The molecular formula is C24H24N2O3. The average molecular weight is 388 g/mol. The molecule has 3 aromatic rings. The summed E-state index contributed by atoms with van der Waals surface area (Å²) in [6.45, 7) is 3.93. The molecule has 0 bridgehead atoms. The van der Waals surface area contributed by atoms with Crippen LogP contribution in [-0.2, 0) is 11.2 Å². The van der Waals surface area contributed by atoms with Gasteiger partial charge in [0, 0.05) is 16.9 Å². The highest BCUT2D eigenvalue weighted by Gasteiger charge is 2.09. The number of nitrogens with one attached hydrogen (secondary N) is 2. The third-order valence-electron chi connectivity index (χ3n) is 4.47. The summed E-state index contributed by atoms with van der Waals surface area (Å²) in [5.41, 5.74) is 4.27. The van der Waals surface area contributed by atoms with E-state index in [1.807, 2.05) is 62.4 Å². The fraction of sp³-hybridized carbons (Fsp3) is 0.167. The van der Waals surface area contributed by atoms with Crippen molar-refractivity contribution in [1.29, 1.82) is 0 Å². The topological polar surface area (TPSA) is 67.4 Å². The molecule has 5 heteroatoms. The fourth-order valence-corrected chi connectivity index (χ4v) is 2.83. The summed E-state index contributed by atoms with van der Waals surface area (Å²) in [6.07, 6.45) is 0.841. The standard InChI is InChI=1S/C24H24N2O3/c1-3-18-6-4-5-7-22(18)26-24(28)19-10-14-21(15-11-19)29-16-23(27)25-20-12-8-17(2)9-13-20/h4-15H,3,16H2,1-2H3,(H,25,27)(H,26,28). The Morgan fingerprint density at radius 1 is 0.862 bits per heavy atom. The van der Waals surface area contributed by atoms with Gasteiger partial charge in [-0.3, -0.25) is 9.59 Å². The molecule has 29 heavy (non-hydrogen) atoms. The van der Waals surface area contributed by atoms with Gasteiger partial charge >= 0.3 is 0 Å². The van der Waals surface area contributed by atoms with Crippen molar-refractivity contribution >= 4 is 23.2 Å². The molecule has 0 aliphatic heterocycles. The average Bonchev–Trinajstić information content (AvgIpc) is 2.74. The minimum atomic E-state index is -0.244. The number of amides is 2. The van der Waals surface area contributed by atoms with Crippen LogP contribution in [-0.4, -0.2) is 18.4 Å². The van der Waals surface area contributed by atoms with Gasteiger partial charge in [-0.05, 0) is 61.4 Å². The van der Waals surface area contributed by atoms with E-state index in [1.54, 1.807) is 24.3 Å². The molecule has 0 fully saturated rings. The molecule has 0 aliphatic rings. The maximum absolute atomic E-state index is 12.5. The highest BCUT2D eigenvalue weighted by molar-refractivity contribution is 6.04. The van der Waals surface area contributed by atoms with Crippen molar-refractivity contribution in [2.24, 2.45) is 0 Å². The summed E-state index contributed by atoms with van der Waals surface area (Å²) >= 11 is 0. The lowest BCUT2D eigenvalue weighted by atomic mass is 10.1. The van der Waals surface area contributed by atoms with Crippen LogP contribution in [0.3, 0.4) is 0 Å². The molecule has 0 spiro atoms. The molecular weight excluding hydrogens is 364 g/mol. The van der Waals surface area contributed by atoms with E-state index >= 15 is 0 Å². The zero-order valence-electron chi connectivity index (χ0n) is 16.6. The number of carbonyl (C=O) groups is 2. The van der Waals surface area contributed by atoms with Crippen LogP contribution in [0.15, 0.2) is 72.8 Å². The predicted molar refractivity (Wildman–Crippen MR) is 116 cm³/mol. The maximum atomic E-state index is 12.5. The number of benzene rings is 3. The molecule has 0 radical (unpaired) electrons. The Morgan fingerprint density at radius 3 is 2.24 bits per heavy atom. The molecule has 0 saturated heterocycles. The lowest BCUT2D eigenvalue weighted by Gasteiger charge is -2.11. The van der Waals surface area contributed by atoms with E-state index < -0.39 is 0 Å². The number of aryl methyl sites for hydroxylation is 2. The van der Waals surface area contributed by atoms with Crippen molar-refractivity contribution in [3.05, 3.63) is 89.5 Å². The van der Waals surface area contributed by atoms with Crippen LogP contribution >= 0.6 is 0 Å². The minimum Gasteiger partial charge on any atom is -0.484 e. The highest BCUT2D eigenvalue weighted by Crippen LogP contribution is 2.18. The van der Waals surface area contributed by atoms with Gasteiger partial charge in [-0.1, -0.05) is 42.8 Å². The number of anilines is 2. The second kappa shape index (κ2) is 9.55. The van der Waals surface area contributed by atoms with Crippen molar-refractivity contribution in [2.45, 2.75) is 20.3 Å². The molecule has 148 valence electrons. The van der Waals surface area contributed by atoms with Gasteiger partial charge in [0.05, 0.1) is 0 Å². The molecule has 3 rings (SSSR count). The molecule has 0 saturated carbocycles. The lowest BCUT2D eigenvalue weighted by Crippen LogP contribution is -2.20. The second-order valence-corrected chi connectivity index (χ2v) is 6.69. The quantitative estimate of drug-likeness (QED) is 0.609. The van der Waals surface area contributed by atoms with Gasteiger partial charge in [0.1, 0.15) is 5.75 Å². The number of ether oxygens (including phenoxy) is 1. The number of para-hydroxylation sites is 1. The molecule has 5 nitrogen and oxygen atoms in total. The largest absolute Gasteiger partial charge is 0.484 e. The van der Waals surface area contributed by atoms with E-state index in [2.05, 4.69) is 10.6 Å². The summed E-state index contributed by atoms with van der Waals surface area (Å²) in [4.78, 5) is 24.5. The number of hydrogen-bond donors (Lipinski definition) is 2. The zero-order valence-corrected chi connectivity index (χ0v) is 16.6. The maximum Gasteiger partial charge on any atom is 0.262 e. The number of carbonyl (C=O) groups excluding carboxylic acids is 2. The highest BCUT2D eigenvalue weighted by atomic mass is 16.5. The van der Waals surface area contributed by atoms with Gasteiger partial charge < -0.3 is 15.4 Å². The summed E-state index contributed by atoms with van der Waals surface area (Å²) in [5.74, 6) is 0.0935. The van der Waals surface area contributed by atoms with Crippen molar-refractivity contribution < 1.29 is 14.3 Å². The molecule has 0 atom stereocenters. The van der Waals surface area contributed by atoms with Gasteiger partial charge in [-0.15, -0.1) is 0 Å². The summed E-state index contributed by atoms with van der Waals surface area (Å²) in [5, 5.41) is 5.71. The Kier molecular flexibility index (Phi) is 6.63. The van der Waals surface area contributed by atoms with Crippen LogP contribution in [0.5, 0.6) is 5.75 Å². The van der Waals surface area contributed by atoms with Gasteiger partial charge in [0.25, 0.3) is 11.8 Å². The monoisotopic (exact) mass is 388 g/mol. The summed E-state index contributed by atoms with van der Waals surface area (Å²) in [6, 6.07) is 22.0. The Bertz CT molecular complexity index is 980. The first kappa shape index (κ1) is 20.1. The van der Waals surface area contributed by atoms with Crippen LogP contribution in [0.4, 0.5) is 11.4 Å². The predicted octanol–water partition coefficient (Wildman–Crippen LogP) is 4.83. The first-order valence-corrected chi connectivity index (χ1v) is 9.54. The van der Waals surface area contributed by atoms with Crippen molar-refractivity contribution in [3.63, 3.8) is 0 Å². The second-order valence-electron chi connectivity index (χ2n) is 6.69. The lowest BCUT2D eigenvalue weighted by molar-refractivity contribution is -0.118. The van der Waals surface area contributed by atoms with E-state index in [0.29, 0.717) is 11.3 Å². The molecule has 0 unspecified atom stereocenters. The molecule has 0 heterocycles. The van der Waals surface area contributed by atoms with Crippen LogP contribution in [0, 0.1) is 6.92 Å². The van der Waals surface area contributed by atoms with E-state index in [4.69, 9.17) is 4.74 Å². The Labute approximate surface area is 170 Å². The Morgan fingerprint density at radius 2 is 1.55 bits per heavy atom. The SMILES string of the molecule is CCc1ccccc1NC(=O)c1ccc(OCC(=O)Nc2ccc(C)cc2)cc1. The molecule has 3 aromatic carbocycles. The number of hydrogen-bond acceptors (Lipinski definition) is 3. The van der Waals surface area contributed by atoms with Gasteiger partial charge in [0.2, 0.25) is 0 Å². The van der Waals surface area contributed by atoms with Crippen LogP contribution < -0.4 is 15.4 Å². The van der Waals surface area contributed by atoms with E-state index in [1.165, 1.54) is 0 Å². The Hall–Kier alpha value is -3.60. The van der Waals surface area contributed by atoms with Crippen molar-refractivity contribution in [1.82, 2.24) is 0 Å². The van der Waals surface area contributed by atoms with Gasteiger partial charge in [0.15, 0.2) is 6.61 Å². The smallest absolute Gasteiger partial charge is 0.262 e. The third-order valence-corrected chi connectivity index (χ3v) is 4.47. The first-order valence-electron chi connectivity index (χ1n) is 9.54. The fourth-order valence-electron chi connectivity index (χ4n) is 2.83. The van der Waals surface area contributed by atoms with Gasteiger partial charge in [-0.2, -0.15) is 0 Å². The van der Waals surface area contributed by atoms with E-state index in [0.717, 1.165) is 28.9 Å². The summed E-state index contributed by atoms with van der Waals surface area (Å²) < 4.78 is 5.51. The number of rotatable bonds is 7. The molecule has 0 aliphatic carbocycles.